The maximum atomic E-state index is 5.82. The van der Waals surface area contributed by atoms with Crippen LogP contribution in [0.3, 0.4) is 0 Å². The Bertz CT molecular complexity index is 167. The summed E-state index contributed by atoms with van der Waals surface area (Å²) in [6, 6.07) is 0. The van der Waals surface area contributed by atoms with Crippen molar-refractivity contribution in [2.24, 2.45) is 16.6 Å². The van der Waals surface area contributed by atoms with Crippen molar-refractivity contribution in [1.82, 2.24) is 0 Å². The van der Waals surface area contributed by atoms with E-state index in [0.717, 1.165) is 10.5 Å². The molecule has 0 radical (unpaired) electrons. The van der Waals surface area contributed by atoms with Crippen molar-refractivity contribution in [2.75, 3.05) is 6.54 Å². The van der Waals surface area contributed by atoms with Crippen molar-refractivity contribution in [3.63, 3.8) is 0 Å². The van der Waals surface area contributed by atoms with Crippen LogP contribution in [0.1, 0.15) is 40.0 Å². The van der Waals surface area contributed by atoms with Crippen molar-refractivity contribution in [3.05, 3.63) is 0 Å². The molecule has 2 atom stereocenters. The molecule has 1 aliphatic carbocycles. The zero-order valence-corrected chi connectivity index (χ0v) is 10.5. The molecule has 72 valence electrons. The van der Waals surface area contributed by atoms with Gasteiger partial charge in [0.25, 0.3) is 0 Å². The van der Waals surface area contributed by atoms with Crippen LogP contribution in [-0.2, 0) is 0 Å². The number of hydrogen-bond acceptors (Lipinski definition) is 1. The minimum absolute atomic E-state index is 0.396. The molecule has 1 rings (SSSR count). The van der Waals surface area contributed by atoms with Crippen LogP contribution in [0.25, 0.3) is 0 Å². The van der Waals surface area contributed by atoms with Crippen molar-refractivity contribution in [2.45, 2.75) is 44.0 Å². The van der Waals surface area contributed by atoms with Gasteiger partial charge in [-0.05, 0) is 36.6 Å². The molecule has 0 bridgehead atoms. The molecule has 0 aromatic carbocycles. The molecule has 1 fully saturated rings. The van der Waals surface area contributed by atoms with Crippen LogP contribution in [0.15, 0.2) is 0 Å². The lowest BCUT2D eigenvalue weighted by Gasteiger charge is -2.44. The molecule has 1 saturated carbocycles. The monoisotopic (exact) mass is 281 g/mol. The quantitative estimate of drug-likeness (QED) is 0.580. The minimum Gasteiger partial charge on any atom is -0.330 e. The zero-order chi connectivity index (χ0) is 9.41. The SMILES string of the molecule is CC1(C)CC(I)CC(C)(CN)C1. The average molecular weight is 281 g/mol. The third-order valence-corrected chi connectivity index (χ3v) is 3.77. The standard InChI is InChI=1S/C10H20IN/c1-9(2)4-8(11)5-10(3,6-9)7-12/h8H,4-7,12H2,1-3H3. The lowest BCUT2D eigenvalue weighted by Crippen LogP contribution is -2.40. The van der Waals surface area contributed by atoms with E-state index in [2.05, 4.69) is 43.4 Å². The Kier molecular flexibility index (Phi) is 3.09. The molecule has 2 unspecified atom stereocenters. The van der Waals surface area contributed by atoms with Crippen LogP contribution in [0.2, 0.25) is 0 Å². The normalized spacial score (nSPS) is 41.2. The summed E-state index contributed by atoms with van der Waals surface area (Å²) in [5.74, 6) is 0. The molecule has 12 heavy (non-hydrogen) atoms. The van der Waals surface area contributed by atoms with Crippen LogP contribution in [0.4, 0.5) is 0 Å². The second kappa shape index (κ2) is 3.45. The first-order valence-corrected chi connectivity index (χ1v) is 5.96. The highest BCUT2D eigenvalue weighted by Crippen LogP contribution is 2.47. The van der Waals surface area contributed by atoms with E-state index >= 15 is 0 Å². The fraction of sp³-hybridized carbons (Fsp3) is 1.00. The van der Waals surface area contributed by atoms with Gasteiger partial charge >= 0.3 is 0 Å². The fourth-order valence-corrected chi connectivity index (χ4v) is 4.92. The van der Waals surface area contributed by atoms with Gasteiger partial charge in [0, 0.05) is 3.92 Å². The number of hydrogen-bond donors (Lipinski definition) is 1. The summed E-state index contributed by atoms with van der Waals surface area (Å²) < 4.78 is 0.819. The molecule has 0 spiro atoms. The molecule has 2 N–H and O–H groups in total. The molecule has 0 amide bonds. The van der Waals surface area contributed by atoms with Crippen molar-refractivity contribution < 1.29 is 0 Å². The molecule has 2 heteroatoms. The molecular weight excluding hydrogens is 261 g/mol. The third kappa shape index (κ3) is 2.59. The Labute approximate surface area is 89.6 Å². The van der Waals surface area contributed by atoms with Crippen LogP contribution in [0, 0.1) is 10.8 Å². The molecule has 0 aliphatic heterocycles. The van der Waals surface area contributed by atoms with Crippen LogP contribution >= 0.6 is 22.6 Å². The molecule has 0 heterocycles. The van der Waals surface area contributed by atoms with Gasteiger partial charge in [0.15, 0.2) is 0 Å². The Morgan fingerprint density at radius 1 is 1.33 bits per heavy atom. The number of alkyl halides is 1. The van der Waals surface area contributed by atoms with Gasteiger partial charge in [-0.1, -0.05) is 43.4 Å². The molecule has 0 aromatic rings. The summed E-state index contributed by atoms with van der Waals surface area (Å²) in [6.45, 7) is 7.91. The highest BCUT2D eigenvalue weighted by Gasteiger charge is 2.39. The van der Waals surface area contributed by atoms with E-state index in [9.17, 15) is 0 Å². The van der Waals surface area contributed by atoms with Gasteiger partial charge in [-0.2, -0.15) is 0 Å². The topological polar surface area (TPSA) is 26.0 Å². The molecule has 0 saturated heterocycles. The molecule has 0 aromatic heterocycles. The summed E-state index contributed by atoms with van der Waals surface area (Å²) in [4.78, 5) is 0. The van der Waals surface area contributed by atoms with E-state index in [-0.39, 0.29) is 0 Å². The van der Waals surface area contributed by atoms with Crippen LogP contribution in [-0.4, -0.2) is 10.5 Å². The van der Waals surface area contributed by atoms with E-state index in [4.69, 9.17) is 5.73 Å². The van der Waals surface area contributed by atoms with Crippen LogP contribution in [0.5, 0.6) is 0 Å². The van der Waals surface area contributed by atoms with E-state index in [1.54, 1.807) is 0 Å². The van der Waals surface area contributed by atoms with E-state index in [0.29, 0.717) is 10.8 Å². The van der Waals surface area contributed by atoms with Crippen LogP contribution < -0.4 is 5.73 Å². The fourth-order valence-electron chi connectivity index (χ4n) is 2.66. The van der Waals surface area contributed by atoms with Gasteiger partial charge in [0.2, 0.25) is 0 Å². The summed E-state index contributed by atoms with van der Waals surface area (Å²) in [5, 5.41) is 0. The Morgan fingerprint density at radius 2 is 1.92 bits per heavy atom. The number of nitrogens with two attached hydrogens (primary N) is 1. The van der Waals surface area contributed by atoms with Crippen molar-refractivity contribution in [3.8, 4) is 0 Å². The third-order valence-electron chi connectivity index (χ3n) is 2.89. The summed E-state index contributed by atoms with van der Waals surface area (Å²) in [6.07, 6.45) is 3.94. The first-order valence-electron chi connectivity index (χ1n) is 4.71. The van der Waals surface area contributed by atoms with Gasteiger partial charge < -0.3 is 5.73 Å². The first-order chi connectivity index (χ1) is 5.37. The summed E-state index contributed by atoms with van der Waals surface area (Å²) in [7, 11) is 0. The number of halogens is 1. The maximum Gasteiger partial charge on any atom is 0.0120 e. The van der Waals surface area contributed by atoms with Gasteiger partial charge in [0.1, 0.15) is 0 Å². The summed E-state index contributed by atoms with van der Waals surface area (Å²) in [5.41, 5.74) is 6.71. The van der Waals surface area contributed by atoms with Gasteiger partial charge in [-0.25, -0.2) is 0 Å². The van der Waals surface area contributed by atoms with Crippen molar-refractivity contribution in [1.29, 1.82) is 0 Å². The zero-order valence-electron chi connectivity index (χ0n) is 8.36. The Balaban J connectivity index is 2.70. The lowest BCUT2D eigenvalue weighted by atomic mass is 9.64. The minimum atomic E-state index is 0.396. The Morgan fingerprint density at radius 3 is 2.33 bits per heavy atom. The first kappa shape index (κ1) is 10.8. The van der Waals surface area contributed by atoms with Gasteiger partial charge in [0.05, 0.1) is 0 Å². The van der Waals surface area contributed by atoms with E-state index in [1.807, 2.05) is 0 Å². The lowest BCUT2D eigenvalue weighted by molar-refractivity contribution is 0.116. The average Bonchev–Trinajstić information content (AvgIpc) is 1.82. The predicted octanol–water partition coefficient (Wildman–Crippen LogP) is 2.97. The molecular formula is C10H20IN. The second-order valence-corrected chi connectivity index (χ2v) is 7.12. The van der Waals surface area contributed by atoms with Crippen molar-refractivity contribution >= 4 is 22.6 Å². The van der Waals surface area contributed by atoms with Gasteiger partial charge in [-0.15, -0.1) is 0 Å². The molecule has 1 nitrogen and oxygen atoms in total. The van der Waals surface area contributed by atoms with E-state index < -0.39 is 0 Å². The van der Waals surface area contributed by atoms with Gasteiger partial charge in [-0.3, -0.25) is 0 Å². The smallest absolute Gasteiger partial charge is 0.0120 e. The van der Waals surface area contributed by atoms with E-state index in [1.165, 1.54) is 19.3 Å². The molecule has 1 aliphatic rings. The highest BCUT2D eigenvalue weighted by atomic mass is 127. The highest BCUT2D eigenvalue weighted by molar-refractivity contribution is 14.1. The number of rotatable bonds is 1. The second-order valence-electron chi connectivity index (χ2n) is 5.36. The maximum absolute atomic E-state index is 5.82. The predicted molar refractivity (Wildman–Crippen MR) is 62.6 cm³/mol. The summed E-state index contributed by atoms with van der Waals surface area (Å²) >= 11 is 2.57. The largest absolute Gasteiger partial charge is 0.330 e. The Hall–Kier alpha value is 0.690.